The minimum Gasteiger partial charge on any atom is -0.463 e. The van der Waals surface area contributed by atoms with Crippen LogP contribution < -0.4 is 11.1 Å². The molecule has 8 nitrogen and oxygen atoms in total. The van der Waals surface area contributed by atoms with Gasteiger partial charge in [-0.3, -0.25) is 4.79 Å². The largest absolute Gasteiger partial charge is 0.463 e. The number of Topliss-reactive ketones (excluding diaryl/α,β-unsaturated/α-hetero) is 1. The molecule has 0 radical (unpaired) electrons. The molecule has 0 amide bonds. The fourth-order valence-corrected chi connectivity index (χ4v) is 4.61. The molecule has 0 bridgehead atoms. The molecular weight excluding hydrogens is 408 g/mol. The van der Waals surface area contributed by atoms with E-state index < -0.39 is 11.9 Å². The molecule has 170 valence electrons. The molecule has 1 atom stereocenters. The number of nitrogens with one attached hydrogen (secondary N) is 1. The zero-order valence-corrected chi connectivity index (χ0v) is 18.8. The number of rotatable bonds is 7. The van der Waals surface area contributed by atoms with Gasteiger partial charge in [0.05, 0.1) is 31.1 Å². The van der Waals surface area contributed by atoms with Crippen molar-refractivity contribution >= 4 is 17.4 Å². The van der Waals surface area contributed by atoms with Gasteiger partial charge in [0.25, 0.3) is 0 Å². The SMILES string of the molecule is CCOC(=O)C1=C(COCCN)NC2=C(C(=O)CC(C)(C)C2)C1c1ccc2nccn2c1. The van der Waals surface area contributed by atoms with Crippen LogP contribution in [0.1, 0.15) is 45.1 Å². The van der Waals surface area contributed by atoms with E-state index >= 15 is 0 Å². The van der Waals surface area contributed by atoms with Crippen LogP contribution in [-0.2, 0) is 19.1 Å². The number of hydrogen-bond donors (Lipinski definition) is 2. The fourth-order valence-electron chi connectivity index (χ4n) is 4.61. The lowest BCUT2D eigenvalue weighted by molar-refractivity contribution is -0.139. The number of aromatic nitrogens is 2. The van der Waals surface area contributed by atoms with E-state index in [1.807, 2.05) is 28.9 Å². The minimum atomic E-state index is -0.544. The molecule has 0 aromatic carbocycles. The van der Waals surface area contributed by atoms with E-state index in [4.69, 9.17) is 15.2 Å². The Bertz CT molecular complexity index is 1110. The summed E-state index contributed by atoms with van der Waals surface area (Å²) in [6.45, 7) is 7.09. The van der Waals surface area contributed by atoms with Crippen molar-refractivity contribution in [2.75, 3.05) is 26.4 Å². The number of ether oxygens (including phenoxy) is 2. The number of imidazole rings is 1. The standard InChI is InChI=1S/C24H30N4O4/c1-4-32-23(30)22-17(14-31-10-7-25)27-16-11-24(2,3)12-18(29)21(16)20(22)15-5-6-19-26-8-9-28(19)13-15/h5-6,8-9,13,20,27H,4,7,10-12,14,25H2,1-3H3. The van der Waals surface area contributed by atoms with Crippen LogP contribution >= 0.6 is 0 Å². The molecule has 2 aliphatic rings. The predicted octanol–water partition coefficient (Wildman–Crippen LogP) is 2.46. The Labute approximate surface area is 187 Å². The molecule has 3 N–H and O–H groups in total. The molecule has 0 saturated carbocycles. The van der Waals surface area contributed by atoms with Crippen molar-refractivity contribution in [3.05, 3.63) is 58.8 Å². The van der Waals surface area contributed by atoms with Crippen molar-refractivity contribution < 1.29 is 19.1 Å². The summed E-state index contributed by atoms with van der Waals surface area (Å²) in [5, 5.41) is 3.37. The average molecular weight is 439 g/mol. The molecule has 32 heavy (non-hydrogen) atoms. The number of dihydropyridines is 1. The molecule has 0 saturated heterocycles. The lowest BCUT2D eigenvalue weighted by atomic mass is 9.68. The molecule has 0 spiro atoms. The highest BCUT2D eigenvalue weighted by Gasteiger charge is 2.44. The fraction of sp³-hybridized carbons (Fsp3) is 0.458. The molecule has 2 aromatic heterocycles. The van der Waals surface area contributed by atoms with Crippen molar-refractivity contribution in [2.24, 2.45) is 11.1 Å². The lowest BCUT2D eigenvalue weighted by Crippen LogP contribution is -2.40. The molecule has 2 aromatic rings. The number of ketones is 1. The second-order valence-corrected chi connectivity index (χ2v) is 9.00. The minimum absolute atomic E-state index is 0.0446. The predicted molar refractivity (Wildman–Crippen MR) is 120 cm³/mol. The molecule has 1 unspecified atom stereocenters. The van der Waals surface area contributed by atoms with Gasteiger partial charge in [0, 0.05) is 48.7 Å². The van der Waals surface area contributed by atoms with E-state index in [1.54, 1.807) is 13.1 Å². The van der Waals surface area contributed by atoms with Crippen LogP contribution in [0.3, 0.4) is 0 Å². The summed E-state index contributed by atoms with van der Waals surface area (Å²) in [7, 11) is 0. The summed E-state index contributed by atoms with van der Waals surface area (Å²) in [5.74, 6) is -0.952. The summed E-state index contributed by atoms with van der Waals surface area (Å²) in [4.78, 5) is 30.9. The third-order valence-corrected chi connectivity index (χ3v) is 5.87. The zero-order chi connectivity index (χ0) is 22.9. The second-order valence-electron chi connectivity index (χ2n) is 9.00. The van der Waals surface area contributed by atoms with E-state index in [0.29, 0.717) is 42.8 Å². The average Bonchev–Trinajstić information content (AvgIpc) is 3.20. The van der Waals surface area contributed by atoms with E-state index in [-0.39, 0.29) is 24.4 Å². The number of nitrogens with zero attached hydrogens (tertiary/aromatic N) is 2. The Kier molecular flexibility index (Phi) is 6.17. The number of hydrogen-bond acceptors (Lipinski definition) is 7. The van der Waals surface area contributed by atoms with E-state index in [1.165, 1.54) is 0 Å². The second kappa shape index (κ2) is 8.88. The Morgan fingerprint density at radius 2 is 2.16 bits per heavy atom. The Morgan fingerprint density at radius 1 is 1.34 bits per heavy atom. The van der Waals surface area contributed by atoms with Gasteiger partial charge in [-0.2, -0.15) is 0 Å². The van der Waals surface area contributed by atoms with Crippen LogP contribution in [0.15, 0.2) is 53.3 Å². The molecule has 3 heterocycles. The highest BCUT2D eigenvalue weighted by Crippen LogP contribution is 2.46. The number of carbonyl (C=O) groups is 2. The van der Waals surface area contributed by atoms with Gasteiger partial charge in [0.2, 0.25) is 0 Å². The van der Waals surface area contributed by atoms with Gasteiger partial charge in [0.1, 0.15) is 5.65 Å². The number of esters is 1. The molecule has 4 rings (SSSR count). The van der Waals surface area contributed by atoms with Gasteiger partial charge in [0.15, 0.2) is 5.78 Å². The van der Waals surface area contributed by atoms with Gasteiger partial charge in [-0.25, -0.2) is 9.78 Å². The Morgan fingerprint density at radius 3 is 2.91 bits per heavy atom. The maximum Gasteiger partial charge on any atom is 0.336 e. The summed E-state index contributed by atoms with van der Waals surface area (Å²) in [6, 6.07) is 3.82. The van der Waals surface area contributed by atoms with E-state index in [2.05, 4.69) is 24.1 Å². The van der Waals surface area contributed by atoms with Crippen LogP contribution in [0.2, 0.25) is 0 Å². The van der Waals surface area contributed by atoms with E-state index in [0.717, 1.165) is 16.9 Å². The van der Waals surface area contributed by atoms with Crippen LogP contribution in [0, 0.1) is 5.41 Å². The van der Waals surface area contributed by atoms with Crippen LogP contribution in [0.25, 0.3) is 5.65 Å². The van der Waals surface area contributed by atoms with Crippen molar-refractivity contribution in [3.8, 4) is 0 Å². The summed E-state index contributed by atoms with van der Waals surface area (Å²) < 4.78 is 13.0. The van der Waals surface area contributed by atoms with Gasteiger partial charge in [-0.1, -0.05) is 19.9 Å². The normalized spacial score (nSPS) is 20.4. The van der Waals surface area contributed by atoms with Crippen LogP contribution in [0.5, 0.6) is 0 Å². The smallest absolute Gasteiger partial charge is 0.336 e. The summed E-state index contributed by atoms with van der Waals surface area (Å²) in [5.41, 5.74) is 9.56. The maximum absolute atomic E-state index is 13.4. The quantitative estimate of drug-likeness (QED) is 0.505. The number of pyridine rings is 1. The molecule has 1 aliphatic carbocycles. The van der Waals surface area contributed by atoms with Gasteiger partial charge in [-0.15, -0.1) is 0 Å². The van der Waals surface area contributed by atoms with Crippen molar-refractivity contribution in [1.29, 1.82) is 0 Å². The van der Waals surface area contributed by atoms with Crippen molar-refractivity contribution in [2.45, 2.75) is 39.5 Å². The number of fused-ring (bicyclic) bond motifs is 1. The zero-order valence-electron chi connectivity index (χ0n) is 18.8. The summed E-state index contributed by atoms with van der Waals surface area (Å²) in [6.07, 6.45) is 6.61. The highest BCUT2D eigenvalue weighted by molar-refractivity contribution is 6.04. The number of carbonyl (C=O) groups excluding carboxylic acids is 2. The van der Waals surface area contributed by atoms with Crippen molar-refractivity contribution in [1.82, 2.24) is 14.7 Å². The summed E-state index contributed by atoms with van der Waals surface area (Å²) >= 11 is 0. The number of nitrogens with two attached hydrogens (primary N) is 1. The first-order chi connectivity index (χ1) is 15.3. The van der Waals surface area contributed by atoms with E-state index in [9.17, 15) is 9.59 Å². The van der Waals surface area contributed by atoms with Crippen molar-refractivity contribution in [3.63, 3.8) is 0 Å². The molecule has 0 fully saturated rings. The highest BCUT2D eigenvalue weighted by atomic mass is 16.5. The van der Waals surface area contributed by atoms with Gasteiger partial charge < -0.3 is 24.9 Å². The maximum atomic E-state index is 13.4. The first-order valence-corrected chi connectivity index (χ1v) is 11.0. The Balaban J connectivity index is 1.89. The first-order valence-electron chi connectivity index (χ1n) is 11.0. The number of allylic oxidation sites excluding steroid dienone is 2. The topological polar surface area (TPSA) is 108 Å². The molecule has 8 heteroatoms. The monoisotopic (exact) mass is 438 g/mol. The van der Waals surface area contributed by atoms with Gasteiger partial charge >= 0.3 is 5.97 Å². The Hall–Kier alpha value is -2.97. The first kappa shape index (κ1) is 22.2. The van der Waals surface area contributed by atoms with Crippen LogP contribution in [0.4, 0.5) is 0 Å². The van der Waals surface area contributed by atoms with Crippen LogP contribution in [-0.4, -0.2) is 47.5 Å². The molecular formula is C24H30N4O4. The molecule has 1 aliphatic heterocycles. The third-order valence-electron chi connectivity index (χ3n) is 5.87. The third kappa shape index (κ3) is 4.20. The lowest BCUT2D eigenvalue weighted by Gasteiger charge is -2.40. The van der Waals surface area contributed by atoms with Gasteiger partial charge in [-0.05, 0) is 30.4 Å².